The van der Waals surface area contributed by atoms with Crippen molar-refractivity contribution in [2.45, 2.75) is 6.54 Å². The number of benzene rings is 2. The van der Waals surface area contributed by atoms with E-state index in [1.807, 2.05) is 36.4 Å². The number of halogens is 1. The molecule has 3 rings (SSSR count). The lowest BCUT2D eigenvalue weighted by Crippen LogP contribution is -2.02. The Morgan fingerprint density at radius 2 is 1.79 bits per heavy atom. The topological polar surface area (TPSA) is 37.8 Å². The predicted octanol–water partition coefficient (Wildman–Crippen LogP) is 3.90. The minimum absolute atomic E-state index is 0.641. The summed E-state index contributed by atoms with van der Waals surface area (Å²) in [6, 6.07) is 15.9. The van der Waals surface area contributed by atoms with Gasteiger partial charge in [0.05, 0.1) is 10.5 Å². The van der Waals surface area contributed by atoms with E-state index in [9.17, 15) is 0 Å². The Hall–Kier alpha value is -2.13. The summed E-state index contributed by atoms with van der Waals surface area (Å²) in [4.78, 5) is 8.50. The molecule has 0 spiro atoms. The summed E-state index contributed by atoms with van der Waals surface area (Å²) < 4.78 is 0. The van der Waals surface area contributed by atoms with Crippen LogP contribution < -0.4 is 5.32 Å². The summed E-state index contributed by atoms with van der Waals surface area (Å²) in [6.07, 6.45) is 1.53. The Labute approximate surface area is 116 Å². The summed E-state index contributed by atoms with van der Waals surface area (Å²) in [5.41, 5.74) is 1.98. The van der Waals surface area contributed by atoms with E-state index in [2.05, 4.69) is 27.4 Å². The zero-order valence-electron chi connectivity index (χ0n) is 10.2. The lowest BCUT2D eigenvalue weighted by Gasteiger charge is -2.08. The Bertz CT molecular complexity index is 698. The quantitative estimate of drug-likeness (QED) is 0.784. The van der Waals surface area contributed by atoms with E-state index in [-0.39, 0.29) is 0 Å². The number of rotatable bonds is 3. The highest BCUT2D eigenvalue weighted by molar-refractivity contribution is 6.35. The fourth-order valence-corrected chi connectivity index (χ4v) is 2.20. The van der Waals surface area contributed by atoms with Crippen molar-refractivity contribution in [3.63, 3.8) is 0 Å². The van der Waals surface area contributed by atoms with Crippen LogP contribution in [0.5, 0.6) is 0 Å². The number of nitrogens with one attached hydrogen (secondary N) is 1. The van der Waals surface area contributed by atoms with Crippen LogP contribution in [0.25, 0.3) is 10.9 Å². The molecule has 4 heteroatoms. The van der Waals surface area contributed by atoms with Crippen LogP contribution in [0.1, 0.15) is 5.56 Å². The van der Waals surface area contributed by atoms with E-state index in [4.69, 9.17) is 11.6 Å². The number of fused-ring (bicyclic) bond motifs is 1. The van der Waals surface area contributed by atoms with Crippen LogP contribution >= 0.6 is 11.6 Å². The van der Waals surface area contributed by atoms with Gasteiger partial charge in [-0.3, -0.25) is 0 Å². The van der Waals surface area contributed by atoms with Crippen molar-refractivity contribution in [1.82, 2.24) is 9.97 Å². The summed E-state index contributed by atoms with van der Waals surface area (Å²) in [7, 11) is 0. The second kappa shape index (κ2) is 5.24. The molecule has 1 aromatic heterocycles. The first-order valence-electron chi connectivity index (χ1n) is 6.01. The molecule has 3 nitrogen and oxygen atoms in total. The monoisotopic (exact) mass is 269 g/mol. The van der Waals surface area contributed by atoms with Crippen molar-refractivity contribution < 1.29 is 0 Å². The van der Waals surface area contributed by atoms with E-state index >= 15 is 0 Å². The normalized spacial score (nSPS) is 10.6. The average Bonchev–Trinajstić information content (AvgIpc) is 2.47. The molecule has 0 aliphatic rings. The summed E-state index contributed by atoms with van der Waals surface area (Å²) in [6.45, 7) is 0.722. The van der Waals surface area contributed by atoms with Gasteiger partial charge in [0.25, 0.3) is 0 Å². The molecule has 1 heterocycles. The maximum atomic E-state index is 6.13. The minimum Gasteiger partial charge on any atom is -0.365 e. The van der Waals surface area contributed by atoms with Crippen molar-refractivity contribution >= 4 is 28.3 Å². The average molecular weight is 270 g/mol. The Morgan fingerprint density at radius 3 is 2.63 bits per heavy atom. The second-order valence-electron chi connectivity index (χ2n) is 4.20. The Kier molecular flexibility index (Phi) is 3.29. The standard InChI is InChI=1S/C15H12ClN3/c16-13-8-4-7-12-14(13)18-10-19-15(12)17-9-11-5-2-1-3-6-11/h1-8,10H,9H2,(H,17,18,19). The van der Waals surface area contributed by atoms with Crippen LogP contribution in [-0.4, -0.2) is 9.97 Å². The van der Waals surface area contributed by atoms with Crippen molar-refractivity contribution in [2.24, 2.45) is 0 Å². The Balaban J connectivity index is 1.91. The lowest BCUT2D eigenvalue weighted by molar-refractivity contribution is 1.10. The van der Waals surface area contributed by atoms with Gasteiger partial charge >= 0.3 is 0 Å². The summed E-state index contributed by atoms with van der Waals surface area (Å²) >= 11 is 6.13. The summed E-state index contributed by atoms with van der Waals surface area (Å²) in [5.74, 6) is 0.802. The van der Waals surface area contributed by atoms with Gasteiger partial charge in [0.2, 0.25) is 0 Å². The molecule has 2 aromatic carbocycles. The van der Waals surface area contributed by atoms with Gasteiger partial charge in [0.15, 0.2) is 0 Å². The number of para-hydroxylation sites is 1. The molecule has 0 fully saturated rings. The van der Waals surface area contributed by atoms with Gasteiger partial charge in [-0.2, -0.15) is 0 Å². The Morgan fingerprint density at radius 1 is 0.947 bits per heavy atom. The molecular formula is C15H12ClN3. The van der Waals surface area contributed by atoms with Crippen LogP contribution in [0, 0.1) is 0 Å². The molecule has 0 aliphatic heterocycles. The van der Waals surface area contributed by atoms with Gasteiger partial charge in [-0.15, -0.1) is 0 Å². The van der Waals surface area contributed by atoms with Gasteiger partial charge in [-0.25, -0.2) is 9.97 Å². The van der Waals surface area contributed by atoms with Crippen LogP contribution in [0.15, 0.2) is 54.9 Å². The van der Waals surface area contributed by atoms with Crippen molar-refractivity contribution in [1.29, 1.82) is 0 Å². The molecule has 94 valence electrons. The molecule has 1 N–H and O–H groups in total. The highest BCUT2D eigenvalue weighted by Crippen LogP contribution is 2.25. The van der Waals surface area contributed by atoms with Gasteiger partial charge in [0, 0.05) is 11.9 Å². The fourth-order valence-electron chi connectivity index (χ4n) is 1.97. The number of hydrogen-bond donors (Lipinski definition) is 1. The first-order chi connectivity index (χ1) is 9.34. The van der Waals surface area contributed by atoms with Crippen LogP contribution in [0.4, 0.5) is 5.82 Å². The third-order valence-corrected chi connectivity index (χ3v) is 3.22. The third kappa shape index (κ3) is 2.51. The van der Waals surface area contributed by atoms with E-state index in [0.717, 1.165) is 23.3 Å². The molecule has 3 aromatic rings. The van der Waals surface area contributed by atoms with Crippen molar-refractivity contribution in [3.8, 4) is 0 Å². The predicted molar refractivity (Wildman–Crippen MR) is 78.3 cm³/mol. The molecule has 0 saturated carbocycles. The van der Waals surface area contributed by atoms with Crippen LogP contribution in [-0.2, 0) is 6.54 Å². The van der Waals surface area contributed by atoms with Crippen molar-refractivity contribution in [2.75, 3.05) is 5.32 Å². The maximum Gasteiger partial charge on any atom is 0.137 e. The van der Waals surface area contributed by atoms with Crippen LogP contribution in [0.3, 0.4) is 0 Å². The van der Waals surface area contributed by atoms with Gasteiger partial charge in [0.1, 0.15) is 12.1 Å². The molecule has 0 unspecified atom stereocenters. The van der Waals surface area contributed by atoms with E-state index in [1.54, 1.807) is 0 Å². The summed E-state index contributed by atoms with van der Waals surface area (Å²) in [5, 5.41) is 4.90. The minimum atomic E-state index is 0.641. The molecule has 0 radical (unpaired) electrons. The van der Waals surface area contributed by atoms with Crippen LogP contribution in [0.2, 0.25) is 5.02 Å². The van der Waals surface area contributed by atoms with Gasteiger partial charge in [-0.1, -0.05) is 48.0 Å². The zero-order chi connectivity index (χ0) is 13.1. The molecule has 0 bridgehead atoms. The fraction of sp³-hybridized carbons (Fsp3) is 0.0667. The number of hydrogen-bond acceptors (Lipinski definition) is 3. The van der Waals surface area contributed by atoms with E-state index in [0.29, 0.717) is 5.02 Å². The lowest BCUT2D eigenvalue weighted by atomic mass is 10.2. The zero-order valence-corrected chi connectivity index (χ0v) is 10.9. The number of anilines is 1. The van der Waals surface area contributed by atoms with Gasteiger partial charge < -0.3 is 5.32 Å². The highest BCUT2D eigenvalue weighted by Gasteiger charge is 2.05. The second-order valence-corrected chi connectivity index (χ2v) is 4.60. The van der Waals surface area contributed by atoms with Crippen molar-refractivity contribution in [3.05, 3.63) is 65.4 Å². The van der Waals surface area contributed by atoms with E-state index < -0.39 is 0 Å². The third-order valence-electron chi connectivity index (χ3n) is 2.92. The largest absolute Gasteiger partial charge is 0.365 e. The molecule has 0 saturated heterocycles. The molecular weight excluding hydrogens is 258 g/mol. The van der Waals surface area contributed by atoms with Gasteiger partial charge in [-0.05, 0) is 17.7 Å². The molecule has 0 aliphatic carbocycles. The number of aromatic nitrogens is 2. The first-order valence-corrected chi connectivity index (χ1v) is 6.39. The molecule has 0 atom stereocenters. The van der Waals surface area contributed by atoms with E-state index in [1.165, 1.54) is 11.9 Å². The first kappa shape index (κ1) is 11.9. The SMILES string of the molecule is Clc1cccc2c(NCc3ccccc3)ncnc12. The number of nitrogens with zero attached hydrogens (tertiary/aromatic N) is 2. The maximum absolute atomic E-state index is 6.13. The molecule has 0 amide bonds. The highest BCUT2D eigenvalue weighted by atomic mass is 35.5. The molecule has 19 heavy (non-hydrogen) atoms. The smallest absolute Gasteiger partial charge is 0.137 e.